The molecule has 0 aliphatic rings. The van der Waals surface area contributed by atoms with E-state index in [1.54, 1.807) is 12.1 Å². The average molecular weight is 260 g/mol. The molecule has 4 heteroatoms. The highest BCUT2D eigenvalue weighted by molar-refractivity contribution is 6.32. The van der Waals surface area contributed by atoms with Crippen molar-refractivity contribution in [3.63, 3.8) is 0 Å². The third kappa shape index (κ3) is 4.05. The van der Waals surface area contributed by atoms with Crippen molar-refractivity contribution in [3.8, 4) is 5.75 Å². The van der Waals surface area contributed by atoms with E-state index in [2.05, 4.69) is 0 Å². The molecule has 88 valence electrons. The van der Waals surface area contributed by atoms with Crippen molar-refractivity contribution in [2.75, 3.05) is 6.61 Å². The molecule has 0 saturated heterocycles. The van der Waals surface area contributed by atoms with Crippen LogP contribution in [0, 0.1) is 0 Å². The van der Waals surface area contributed by atoms with Gasteiger partial charge in [0, 0.05) is 11.6 Å². The standard InChI is InChI=1S/C12H15Cl2NO/c1-9(15)8-10-4-2-5-11(14)12(10)16-7-3-6-13/h2-6,9H,7-8,15H2,1H3/b6-3+. The SMILES string of the molecule is CC(N)Cc1cccc(Cl)c1OC/C=C/Cl. The third-order valence-corrected chi connectivity index (χ3v) is 2.48. The monoisotopic (exact) mass is 259 g/mol. The smallest absolute Gasteiger partial charge is 0.141 e. The summed E-state index contributed by atoms with van der Waals surface area (Å²) in [6, 6.07) is 5.73. The molecule has 1 aromatic rings. The first-order chi connectivity index (χ1) is 7.65. The second kappa shape index (κ2) is 6.79. The maximum atomic E-state index is 6.07. The van der Waals surface area contributed by atoms with Crippen LogP contribution in [0.2, 0.25) is 5.02 Å². The van der Waals surface area contributed by atoms with Gasteiger partial charge in [-0.2, -0.15) is 0 Å². The molecule has 1 aromatic carbocycles. The van der Waals surface area contributed by atoms with Crippen molar-refractivity contribution in [1.29, 1.82) is 0 Å². The fourth-order valence-electron chi connectivity index (χ4n) is 1.39. The van der Waals surface area contributed by atoms with Gasteiger partial charge in [0.15, 0.2) is 0 Å². The van der Waals surface area contributed by atoms with Crippen LogP contribution < -0.4 is 10.5 Å². The van der Waals surface area contributed by atoms with Crippen molar-refractivity contribution in [2.45, 2.75) is 19.4 Å². The summed E-state index contributed by atoms with van der Waals surface area (Å²) in [4.78, 5) is 0. The summed E-state index contributed by atoms with van der Waals surface area (Å²) in [6.07, 6.45) is 2.45. The van der Waals surface area contributed by atoms with E-state index in [9.17, 15) is 0 Å². The zero-order chi connectivity index (χ0) is 12.0. The lowest BCUT2D eigenvalue weighted by Gasteiger charge is -2.13. The molecule has 1 unspecified atom stereocenters. The van der Waals surface area contributed by atoms with E-state index in [1.807, 2.05) is 19.1 Å². The predicted octanol–water partition coefficient (Wildman–Crippen LogP) is 3.36. The molecule has 1 atom stereocenters. The van der Waals surface area contributed by atoms with Crippen LogP contribution in [0.25, 0.3) is 0 Å². The topological polar surface area (TPSA) is 35.2 Å². The minimum Gasteiger partial charge on any atom is -0.488 e. The maximum absolute atomic E-state index is 6.07. The number of nitrogens with two attached hydrogens (primary N) is 1. The summed E-state index contributed by atoms with van der Waals surface area (Å²) in [5.41, 5.74) is 8.20. The lowest BCUT2D eigenvalue weighted by Crippen LogP contribution is -2.18. The van der Waals surface area contributed by atoms with Gasteiger partial charge in [-0.1, -0.05) is 35.3 Å². The Bertz CT molecular complexity index is 364. The molecule has 0 amide bonds. The van der Waals surface area contributed by atoms with Crippen molar-refractivity contribution in [3.05, 3.63) is 40.4 Å². The molecule has 0 heterocycles. The first kappa shape index (κ1) is 13.4. The molecule has 0 spiro atoms. The summed E-state index contributed by atoms with van der Waals surface area (Å²) >= 11 is 11.5. The number of rotatable bonds is 5. The second-order valence-corrected chi connectivity index (χ2v) is 4.24. The van der Waals surface area contributed by atoms with E-state index >= 15 is 0 Å². The Hall–Kier alpha value is -0.700. The van der Waals surface area contributed by atoms with Crippen LogP contribution in [0.15, 0.2) is 29.8 Å². The summed E-state index contributed by atoms with van der Waals surface area (Å²) < 4.78 is 5.55. The minimum absolute atomic E-state index is 0.0735. The molecular weight excluding hydrogens is 245 g/mol. The number of ether oxygens (including phenoxy) is 1. The van der Waals surface area contributed by atoms with Gasteiger partial charge in [0.05, 0.1) is 5.02 Å². The van der Waals surface area contributed by atoms with Gasteiger partial charge in [-0.3, -0.25) is 0 Å². The second-order valence-electron chi connectivity index (χ2n) is 3.58. The van der Waals surface area contributed by atoms with Gasteiger partial charge in [-0.25, -0.2) is 0 Å². The van der Waals surface area contributed by atoms with Crippen LogP contribution in [0.4, 0.5) is 0 Å². The van der Waals surface area contributed by atoms with Gasteiger partial charge < -0.3 is 10.5 Å². The van der Waals surface area contributed by atoms with Crippen LogP contribution in [-0.2, 0) is 6.42 Å². The zero-order valence-electron chi connectivity index (χ0n) is 9.12. The molecule has 0 bridgehead atoms. The Morgan fingerprint density at radius 3 is 2.88 bits per heavy atom. The largest absolute Gasteiger partial charge is 0.488 e. The quantitative estimate of drug-likeness (QED) is 0.881. The van der Waals surface area contributed by atoms with Gasteiger partial charge >= 0.3 is 0 Å². The van der Waals surface area contributed by atoms with E-state index in [-0.39, 0.29) is 6.04 Å². The predicted molar refractivity (Wildman–Crippen MR) is 69.3 cm³/mol. The van der Waals surface area contributed by atoms with Crippen LogP contribution in [0.3, 0.4) is 0 Å². The lowest BCUT2D eigenvalue weighted by atomic mass is 10.1. The Kier molecular flexibility index (Phi) is 5.67. The Morgan fingerprint density at radius 2 is 2.25 bits per heavy atom. The van der Waals surface area contributed by atoms with Gasteiger partial charge in [-0.15, -0.1) is 0 Å². The molecule has 0 radical (unpaired) electrons. The van der Waals surface area contributed by atoms with Crippen LogP contribution in [0.1, 0.15) is 12.5 Å². The van der Waals surface area contributed by atoms with Crippen LogP contribution in [-0.4, -0.2) is 12.6 Å². The van der Waals surface area contributed by atoms with E-state index < -0.39 is 0 Å². The highest BCUT2D eigenvalue weighted by atomic mass is 35.5. The van der Waals surface area contributed by atoms with Gasteiger partial charge in [-0.05, 0) is 31.1 Å². The first-order valence-electron chi connectivity index (χ1n) is 5.06. The van der Waals surface area contributed by atoms with Crippen molar-refractivity contribution in [1.82, 2.24) is 0 Å². The molecule has 2 nitrogen and oxygen atoms in total. The third-order valence-electron chi connectivity index (χ3n) is 2.00. The summed E-state index contributed by atoms with van der Waals surface area (Å²) in [7, 11) is 0. The van der Waals surface area contributed by atoms with Crippen LogP contribution >= 0.6 is 23.2 Å². The van der Waals surface area contributed by atoms with E-state index in [0.717, 1.165) is 12.0 Å². The Labute approximate surface area is 106 Å². The summed E-state index contributed by atoms with van der Waals surface area (Å²) in [6.45, 7) is 2.35. The zero-order valence-corrected chi connectivity index (χ0v) is 10.6. The molecule has 0 aromatic heterocycles. The van der Waals surface area contributed by atoms with E-state index in [0.29, 0.717) is 17.4 Å². The lowest BCUT2D eigenvalue weighted by molar-refractivity contribution is 0.358. The van der Waals surface area contributed by atoms with Gasteiger partial charge in [0.25, 0.3) is 0 Å². The van der Waals surface area contributed by atoms with Crippen molar-refractivity contribution < 1.29 is 4.74 Å². The van der Waals surface area contributed by atoms with Gasteiger partial charge in [0.2, 0.25) is 0 Å². The number of benzene rings is 1. The Balaban J connectivity index is 2.85. The van der Waals surface area contributed by atoms with E-state index in [1.165, 1.54) is 5.54 Å². The maximum Gasteiger partial charge on any atom is 0.141 e. The Morgan fingerprint density at radius 1 is 1.50 bits per heavy atom. The van der Waals surface area contributed by atoms with Crippen molar-refractivity contribution >= 4 is 23.2 Å². The fraction of sp³-hybridized carbons (Fsp3) is 0.333. The van der Waals surface area contributed by atoms with E-state index in [4.69, 9.17) is 33.7 Å². The molecule has 0 fully saturated rings. The molecule has 0 saturated carbocycles. The summed E-state index contributed by atoms with van der Waals surface area (Å²) in [5.74, 6) is 0.691. The average Bonchev–Trinajstić information content (AvgIpc) is 2.21. The van der Waals surface area contributed by atoms with Gasteiger partial charge in [0.1, 0.15) is 12.4 Å². The number of halogens is 2. The van der Waals surface area contributed by atoms with Crippen molar-refractivity contribution in [2.24, 2.45) is 5.73 Å². The molecule has 16 heavy (non-hydrogen) atoms. The normalized spacial score (nSPS) is 13.0. The molecule has 0 aliphatic carbocycles. The number of para-hydroxylation sites is 1. The summed E-state index contributed by atoms with van der Waals surface area (Å²) in [5, 5.41) is 0.598. The molecular formula is C12H15Cl2NO. The fourth-order valence-corrected chi connectivity index (χ4v) is 1.71. The molecule has 0 aliphatic heterocycles. The number of hydrogen-bond donors (Lipinski definition) is 1. The highest BCUT2D eigenvalue weighted by Gasteiger charge is 2.09. The van der Waals surface area contributed by atoms with Crippen LogP contribution in [0.5, 0.6) is 5.75 Å². The highest BCUT2D eigenvalue weighted by Crippen LogP contribution is 2.29. The molecule has 2 N–H and O–H groups in total. The minimum atomic E-state index is 0.0735. The first-order valence-corrected chi connectivity index (χ1v) is 5.87. The number of hydrogen-bond acceptors (Lipinski definition) is 2. The molecule has 1 rings (SSSR count).